The first-order valence-electron chi connectivity index (χ1n) is 7.20. The second-order valence-electron chi connectivity index (χ2n) is 4.32. The minimum atomic E-state index is -0.656. The van der Waals surface area contributed by atoms with Gasteiger partial charge in [-0.1, -0.05) is 30.3 Å². The number of carbonyl (C=O) groups is 1. The molecule has 5 heteroatoms. The van der Waals surface area contributed by atoms with Gasteiger partial charge in [0, 0.05) is 18.3 Å². The Morgan fingerprint density at radius 1 is 1.23 bits per heavy atom. The normalized spacial score (nSPS) is 11.3. The summed E-state index contributed by atoms with van der Waals surface area (Å²) in [5.74, 6) is -0.656. The lowest BCUT2D eigenvalue weighted by atomic mass is 10.1. The highest BCUT2D eigenvalue weighted by atomic mass is 16.5. The van der Waals surface area contributed by atoms with Crippen molar-refractivity contribution in [3.05, 3.63) is 60.0 Å². The number of nitrogens with one attached hydrogen (secondary N) is 2. The lowest BCUT2D eigenvalue weighted by Gasteiger charge is -2.07. The molecule has 0 aromatic heterocycles. The molecule has 0 unspecified atom stereocenters. The molecule has 0 saturated carbocycles. The second kappa shape index (κ2) is 10.2. The molecule has 2 N–H and O–H groups in total. The molecule has 0 amide bonds. The fourth-order valence-corrected chi connectivity index (χ4v) is 1.62. The Labute approximate surface area is 131 Å². The standard InChI is InChI=1S/C17H22N2O3/c1-3-21-11-10-15(16(18)17(20)22-4-2)13-19-12-14-8-6-5-7-9-14/h5-11,13,18-19H,3-4,12H2,1-2H3/b11-10+,15-13-,18-16?. The van der Waals surface area contributed by atoms with Crippen LogP contribution < -0.4 is 5.32 Å². The summed E-state index contributed by atoms with van der Waals surface area (Å²) in [6.07, 6.45) is 4.65. The summed E-state index contributed by atoms with van der Waals surface area (Å²) in [4.78, 5) is 11.7. The van der Waals surface area contributed by atoms with E-state index >= 15 is 0 Å². The van der Waals surface area contributed by atoms with Crippen LogP contribution in [0.25, 0.3) is 0 Å². The number of hydrogen-bond donors (Lipinski definition) is 2. The number of rotatable bonds is 9. The van der Waals surface area contributed by atoms with Crippen LogP contribution in [0.5, 0.6) is 0 Å². The predicted molar refractivity (Wildman–Crippen MR) is 86.5 cm³/mol. The number of allylic oxidation sites excluding steroid dienone is 1. The third-order valence-corrected chi connectivity index (χ3v) is 2.69. The van der Waals surface area contributed by atoms with E-state index in [4.69, 9.17) is 14.9 Å². The second-order valence-corrected chi connectivity index (χ2v) is 4.32. The number of esters is 1. The van der Waals surface area contributed by atoms with Crippen molar-refractivity contribution in [3.63, 3.8) is 0 Å². The van der Waals surface area contributed by atoms with Gasteiger partial charge in [-0.15, -0.1) is 0 Å². The van der Waals surface area contributed by atoms with E-state index in [1.807, 2.05) is 37.3 Å². The van der Waals surface area contributed by atoms with Crippen molar-refractivity contribution < 1.29 is 14.3 Å². The van der Waals surface area contributed by atoms with Gasteiger partial charge in [-0.25, -0.2) is 4.79 Å². The van der Waals surface area contributed by atoms with Crippen LogP contribution in [0.2, 0.25) is 0 Å². The molecule has 1 aromatic rings. The van der Waals surface area contributed by atoms with E-state index in [0.29, 0.717) is 18.7 Å². The molecule has 0 heterocycles. The molecule has 1 aromatic carbocycles. The maximum Gasteiger partial charge on any atom is 0.356 e. The van der Waals surface area contributed by atoms with Crippen molar-refractivity contribution in [2.24, 2.45) is 0 Å². The fourth-order valence-electron chi connectivity index (χ4n) is 1.62. The first kappa shape index (κ1) is 17.5. The van der Waals surface area contributed by atoms with E-state index in [0.717, 1.165) is 5.56 Å². The molecule has 0 saturated heterocycles. The molecule has 0 aliphatic heterocycles. The van der Waals surface area contributed by atoms with Gasteiger partial charge in [-0.05, 0) is 25.5 Å². The van der Waals surface area contributed by atoms with Crippen LogP contribution in [-0.2, 0) is 20.8 Å². The number of ether oxygens (including phenoxy) is 2. The monoisotopic (exact) mass is 302 g/mol. The summed E-state index contributed by atoms with van der Waals surface area (Å²) in [5, 5.41) is 11.0. The van der Waals surface area contributed by atoms with E-state index in [1.165, 1.54) is 6.26 Å². The molecule has 0 aliphatic carbocycles. The smallest absolute Gasteiger partial charge is 0.356 e. The van der Waals surface area contributed by atoms with Crippen molar-refractivity contribution in [2.45, 2.75) is 20.4 Å². The highest BCUT2D eigenvalue weighted by Crippen LogP contribution is 2.03. The van der Waals surface area contributed by atoms with Gasteiger partial charge in [-0.3, -0.25) is 5.41 Å². The highest BCUT2D eigenvalue weighted by Gasteiger charge is 2.13. The summed E-state index contributed by atoms with van der Waals surface area (Å²) in [6.45, 7) is 4.92. The summed E-state index contributed by atoms with van der Waals surface area (Å²) < 4.78 is 9.97. The van der Waals surface area contributed by atoms with Crippen molar-refractivity contribution in [2.75, 3.05) is 13.2 Å². The molecule has 0 bridgehead atoms. The first-order valence-corrected chi connectivity index (χ1v) is 7.20. The van der Waals surface area contributed by atoms with Crippen molar-refractivity contribution in [1.82, 2.24) is 5.32 Å². The van der Waals surface area contributed by atoms with Crippen LogP contribution in [0.15, 0.2) is 54.4 Å². The van der Waals surface area contributed by atoms with Gasteiger partial charge in [0.15, 0.2) is 0 Å². The summed E-state index contributed by atoms with van der Waals surface area (Å²) in [7, 11) is 0. The minimum absolute atomic E-state index is 0.210. The molecule has 0 aliphatic rings. The Balaban J connectivity index is 2.73. The highest BCUT2D eigenvalue weighted by molar-refractivity contribution is 6.42. The maximum atomic E-state index is 11.7. The van der Waals surface area contributed by atoms with Gasteiger partial charge >= 0.3 is 5.97 Å². The van der Waals surface area contributed by atoms with Crippen LogP contribution in [0.4, 0.5) is 0 Å². The lowest BCUT2D eigenvalue weighted by molar-refractivity contribution is -0.135. The van der Waals surface area contributed by atoms with Gasteiger partial charge in [0.2, 0.25) is 0 Å². The molecular formula is C17H22N2O3. The van der Waals surface area contributed by atoms with Crippen LogP contribution in [0.3, 0.4) is 0 Å². The Morgan fingerprint density at radius 2 is 1.95 bits per heavy atom. The molecule has 22 heavy (non-hydrogen) atoms. The minimum Gasteiger partial charge on any atom is -0.501 e. The summed E-state index contributed by atoms with van der Waals surface area (Å²) in [6, 6.07) is 9.85. The van der Waals surface area contributed by atoms with Gasteiger partial charge in [0.05, 0.1) is 19.5 Å². The molecule has 0 spiro atoms. The Kier molecular flexibility index (Phi) is 8.12. The van der Waals surface area contributed by atoms with Crippen LogP contribution >= 0.6 is 0 Å². The molecule has 0 radical (unpaired) electrons. The molecule has 5 nitrogen and oxygen atoms in total. The van der Waals surface area contributed by atoms with Crippen molar-refractivity contribution in [3.8, 4) is 0 Å². The third-order valence-electron chi connectivity index (χ3n) is 2.69. The average molecular weight is 302 g/mol. The van der Waals surface area contributed by atoms with Gasteiger partial charge in [0.25, 0.3) is 0 Å². The first-order chi connectivity index (χ1) is 10.7. The third kappa shape index (κ3) is 6.26. The Morgan fingerprint density at radius 3 is 2.59 bits per heavy atom. The Hall–Kier alpha value is -2.56. The largest absolute Gasteiger partial charge is 0.501 e. The fraction of sp³-hybridized carbons (Fsp3) is 0.294. The molecule has 0 atom stereocenters. The van der Waals surface area contributed by atoms with E-state index in [1.54, 1.807) is 19.2 Å². The molecular weight excluding hydrogens is 280 g/mol. The van der Waals surface area contributed by atoms with Crippen molar-refractivity contribution in [1.29, 1.82) is 5.41 Å². The van der Waals surface area contributed by atoms with Crippen LogP contribution in [0.1, 0.15) is 19.4 Å². The van der Waals surface area contributed by atoms with Gasteiger partial charge in [0.1, 0.15) is 5.71 Å². The van der Waals surface area contributed by atoms with Gasteiger partial charge in [-0.2, -0.15) is 0 Å². The molecule has 1 rings (SSSR count). The van der Waals surface area contributed by atoms with Crippen LogP contribution in [-0.4, -0.2) is 24.9 Å². The molecule has 118 valence electrons. The number of hydrogen-bond acceptors (Lipinski definition) is 5. The van der Waals surface area contributed by atoms with E-state index in [9.17, 15) is 4.79 Å². The Bertz CT molecular complexity index is 536. The lowest BCUT2D eigenvalue weighted by Crippen LogP contribution is -2.19. The summed E-state index contributed by atoms with van der Waals surface area (Å²) in [5.41, 5.74) is 1.30. The van der Waals surface area contributed by atoms with E-state index < -0.39 is 5.97 Å². The maximum absolute atomic E-state index is 11.7. The van der Waals surface area contributed by atoms with Crippen molar-refractivity contribution >= 4 is 11.7 Å². The zero-order valence-electron chi connectivity index (χ0n) is 13.0. The average Bonchev–Trinajstić information content (AvgIpc) is 2.54. The number of carbonyl (C=O) groups excluding carboxylic acids is 1. The van der Waals surface area contributed by atoms with Gasteiger partial charge < -0.3 is 14.8 Å². The summed E-state index contributed by atoms with van der Waals surface area (Å²) >= 11 is 0. The molecule has 0 fully saturated rings. The quantitative estimate of drug-likeness (QED) is 0.318. The van der Waals surface area contributed by atoms with E-state index in [-0.39, 0.29) is 12.3 Å². The zero-order chi connectivity index (χ0) is 16.2. The topological polar surface area (TPSA) is 71.4 Å². The van der Waals surface area contributed by atoms with Crippen LogP contribution in [0, 0.1) is 5.41 Å². The number of benzene rings is 1. The predicted octanol–water partition coefficient (Wildman–Crippen LogP) is 2.79. The SMILES string of the molecule is CCO/C=C/C(=C/NCc1ccccc1)C(=N)C(=O)OCC. The van der Waals surface area contributed by atoms with E-state index in [2.05, 4.69) is 5.32 Å². The zero-order valence-corrected chi connectivity index (χ0v) is 13.0.